The lowest BCUT2D eigenvalue weighted by Gasteiger charge is -2.29. The smallest absolute Gasteiger partial charge is 0.0995 e. The molecule has 0 aromatic heterocycles. The lowest BCUT2D eigenvalue weighted by Crippen LogP contribution is -2.29. The van der Waals surface area contributed by atoms with Crippen molar-refractivity contribution < 1.29 is 0 Å². The monoisotopic (exact) mass is 214 g/mol. The molecule has 16 heavy (non-hydrogen) atoms. The van der Waals surface area contributed by atoms with Gasteiger partial charge >= 0.3 is 0 Å². The van der Waals surface area contributed by atoms with E-state index in [9.17, 15) is 0 Å². The second kappa shape index (κ2) is 5.03. The van der Waals surface area contributed by atoms with E-state index in [2.05, 4.69) is 30.0 Å². The summed E-state index contributed by atoms with van der Waals surface area (Å²) < 4.78 is 0. The van der Waals surface area contributed by atoms with Gasteiger partial charge in [-0.3, -0.25) is 0 Å². The van der Waals surface area contributed by atoms with Crippen LogP contribution in [0.1, 0.15) is 37.3 Å². The Morgan fingerprint density at radius 3 is 2.62 bits per heavy atom. The molecule has 1 heterocycles. The first-order valence-corrected chi connectivity index (χ1v) is 6.13. The molecule has 1 aliphatic rings. The number of anilines is 1. The fourth-order valence-electron chi connectivity index (χ4n) is 2.33. The van der Waals surface area contributed by atoms with E-state index in [0.717, 1.165) is 30.6 Å². The summed E-state index contributed by atoms with van der Waals surface area (Å²) in [6, 6.07) is 8.60. The average molecular weight is 214 g/mol. The average Bonchev–Trinajstić information content (AvgIpc) is 2.39. The third-order valence-corrected chi connectivity index (χ3v) is 3.32. The van der Waals surface area contributed by atoms with Crippen LogP contribution >= 0.6 is 0 Å². The number of piperidine rings is 1. The van der Waals surface area contributed by atoms with Gasteiger partial charge in [-0.25, -0.2) is 0 Å². The van der Waals surface area contributed by atoms with Gasteiger partial charge in [-0.05, 0) is 43.4 Å². The van der Waals surface area contributed by atoms with Gasteiger partial charge < -0.3 is 4.90 Å². The number of rotatable bonds is 2. The van der Waals surface area contributed by atoms with E-state index in [1.54, 1.807) is 0 Å². The molecule has 0 N–H and O–H groups in total. The second-order valence-corrected chi connectivity index (χ2v) is 4.35. The van der Waals surface area contributed by atoms with Gasteiger partial charge in [-0.1, -0.05) is 13.0 Å². The number of nitriles is 1. The molecule has 0 spiro atoms. The van der Waals surface area contributed by atoms with Crippen LogP contribution in [0.4, 0.5) is 5.69 Å². The summed E-state index contributed by atoms with van der Waals surface area (Å²) >= 11 is 0. The zero-order valence-electron chi connectivity index (χ0n) is 9.87. The van der Waals surface area contributed by atoms with Gasteiger partial charge in [0.25, 0.3) is 0 Å². The van der Waals surface area contributed by atoms with E-state index in [4.69, 9.17) is 5.26 Å². The highest BCUT2D eigenvalue weighted by atomic mass is 15.1. The van der Waals surface area contributed by atoms with Crippen LogP contribution in [0.3, 0.4) is 0 Å². The Labute approximate surface area is 97.5 Å². The number of benzene rings is 1. The second-order valence-electron chi connectivity index (χ2n) is 4.35. The highest BCUT2D eigenvalue weighted by Gasteiger charge is 2.12. The molecule has 0 saturated carbocycles. The molecule has 0 unspecified atom stereocenters. The molecule has 0 amide bonds. The summed E-state index contributed by atoms with van der Waals surface area (Å²) in [6.45, 7) is 4.36. The zero-order chi connectivity index (χ0) is 11.4. The van der Waals surface area contributed by atoms with E-state index < -0.39 is 0 Å². The van der Waals surface area contributed by atoms with Crippen LogP contribution in [0.25, 0.3) is 0 Å². The van der Waals surface area contributed by atoms with Crippen molar-refractivity contribution in [2.24, 2.45) is 0 Å². The van der Waals surface area contributed by atoms with Gasteiger partial charge in [0.15, 0.2) is 0 Å². The zero-order valence-corrected chi connectivity index (χ0v) is 9.87. The van der Waals surface area contributed by atoms with Crippen LogP contribution in [0.5, 0.6) is 0 Å². The predicted octanol–water partition coefficient (Wildman–Crippen LogP) is 3.11. The molecule has 0 aliphatic carbocycles. The highest BCUT2D eigenvalue weighted by molar-refractivity contribution is 5.54. The molecule has 2 nitrogen and oxygen atoms in total. The summed E-state index contributed by atoms with van der Waals surface area (Å²) in [6.07, 6.45) is 4.83. The minimum absolute atomic E-state index is 0.838. The molecular formula is C14H18N2. The quantitative estimate of drug-likeness (QED) is 0.756. The molecule has 0 atom stereocenters. The first-order chi connectivity index (χ1) is 7.85. The molecule has 0 bridgehead atoms. The van der Waals surface area contributed by atoms with E-state index in [-0.39, 0.29) is 0 Å². The molecule has 1 aliphatic heterocycles. The Hall–Kier alpha value is -1.49. The fourth-order valence-corrected chi connectivity index (χ4v) is 2.33. The molecule has 84 valence electrons. The summed E-state index contributed by atoms with van der Waals surface area (Å²) in [5.41, 5.74) is 3.21. The van der Waals surface area contributed by atoms with Gasteiger partial charge in [-0.15, -0.1) is 0 Å². The van der Waals surface area contributed by atoms with Crippen LogP contribution in [0.2, 0.25) is 0 Å². The van der Waals surface area contributed by atoms with E-state index in [1.807, 2.05) is 6.07 Å². The molecule has 0 radical (unpaired) electrons. The Morgan fingerprint density at radius 2 is 2.00 bits per heavy atom. The topological polar surface area (TPSA) is 27.0 Å². The van der Waals surface area contributed by atoms with Crippen molar-refractivity contribution in [3.05, 3.63) is 29.3 Å². The van der Waals surface area contributed by atoms with E-state index in [0.29, 0.717) is 0 Å². The molecule has 1 aromatic rings. The summed E-state index contributed by atoms with van der Waals surface area (Å²) in [5.74, 6) is 0. The van der Waals surface area contributed by atoms with Gasteiger partial charge in [0, 0.05) is 18.8 Å². The van der Waals surface area contributed by atoms with Crippen molar-refractivity contribution in [2.75, 3.05) is 18.0 Å². The van der Waals surface area contributed by atoms with Gasteiger partial charge in [0.1, 0.15) is 0 Å². The van der Waals surface area contributed by atoms with E-state index >= 15 is 0 Å². The number of aryl methyl sites for hydroxylation is 1. The Bertz CT molecular complexity index is 398. The largest absolute Gasteiger partial charge is 0.372 e. The number of hydrogen-bond acceptors (Lipinski definition) is 2. The Kier molecular flexibility index (Phi) is 3.46. The number of nitrogens with zero attached hydrogens (tertiary/aromatic N) is 2. The first kappa shape index (κ1) is 11.0. The maximum Gasteiger partial charge on any atom is 0.0995 e. The normalized spacial score (nSPS) is 15.9. The molecule has 1 saturated heterocycles. The maximum atomic E-state index is 9.10. The minimum atomic E-state index is 0.838. The van der Waals surface area contributed by atoms with Gasteiger partial charge in [0.05, 0.1) is 11.6 Å². The minimum Gasteiger partial charge on any atom is -0.372 e. The van der Waals surface area contributed by atoms with Gasteiger partial charge in [-0.2, -0.15) is 5.26 Å². The first-order valence-electron chi connectivity index (χ1n) is 6.13. The van der Waals surface area contributed by atoms with Crippen LogP contribution in [-0.4, -0.2) is 13.1 Å². The SMILES string of the molecule is CCc1ccc(N2CCCCC2)cc1C#N. The van der Waals surface area contributed by atoms with E-state index in [1.165, 1.54) is 24.9 Å². The third-order valence-electron chi connectivity index (χ3n) is 3.32. The van der Waals surface area contributed by atoms with Crippen LogP contribution in [0.15, 0.2) is 18.2 Å². The molecule has 2 rings (SSSR count). The molecule has 2 heteroatoms. The van der Waals surface area contributed by atoms with Crippen molar-refractivity contribution in [3.8, 4) is 6.07 Å². The van der Waals surface area contributed by atoms with Crippen molar-refractivity contribution in [1.82, 2.24) is 0 Å². The van der Waals surface area contributed by atoms with Crippen LogP contribution < -0.4 is 4.90 Å². The Balaban J connectivity index is 2.25. The third kappa shape index (κ3) is 2.19. The lowest BCUT2D eigenvalue weighted by molar-refractivity contribution is 0.578. The Morgan fingerprint density at radius 1 is 1.25 bits per heavy atom. The highest BCUT2D eigenvalue weighted by Crippen LogP contribution is 2.23. The van der Waals surface area contributed by atoms with Crippen molar-refractivity contribution >= 4 is 5.69 Å². The summed E-state index contributed by atoms with van der Waals surface area (Å²) in [5, 5.41) is 9.10. The van der Waals surface area contributed by atoms with Crippen molar-refractivity contribution in [2.45, 2.75) is 32.6 Å². The maximum absolute atomic E-state index is 9.10. The lowest BCUT2D eigenvalue weighted by atomic mass is 10.0. The molecule has 1 fully saturated rings. The number of hydrogen-bond donors (Lipinski definition) is 0. The van der Waals surface area contributed by atoms with Crippen molar-refractivity contribution in [1.29, 1.82) is 5.26 Å². The van der Waals surface area contributed by atoms with Crippen molar-refractivity contribution in [3.63, 3.8) is 0 Å². The fraction of sp³-hybridized carbons (Fsp3) is 0.500. The van der Waals surface area contributed by atoms with Gasteiger partial charge in [0.2, 0.25) is 0 Å². The summed E-state index contributed by atoms with van der Waals surface area (Å²) in [4.78, 5) is 2.39. The summed E-state index contributed by atoms with van der Waals surface area (Å²) in [7, 11) is 0. The van der Waals surface area contributed by atoms with Crippen LogP contribution in [-0.2, 0) is 6.42 Å². The molecule has 1 aromatic carbocycles. The standard InChI is InChI=1S/C14H18N2/c1-2-12-6-7-14(10-13(12)11-15)16-8-4-3-5-9-16/h6-7,10H,2-5,8-9H2,1H3. The van der Waals surface area contributed by atoms with Crippen LogP contribution in [0, 0.1) is 11.3 Å². The predicted molar refractivity (Wildman–Crippen MR) is 66.6 cm³/mol. The molecular weight excluding hydrogens is 196 g/mol.